The molecule has 0 aliphatic heterocycles. The highest BCUT2D eigenvalue weighted by Gasteiger charge is 2.30. The molecule has 0 spiro atoms. The van der Waals surface area contributed by atoms with E-state index in [0.29, 0.717) is 0 Å². The van der Waals surface area contributed by atoms with Crippen LogP contribution in [-0.2, 0) is 10.2 Å². The van der Waals surface area contributed by atoms with E-state index in [9.17, 15) is 4.79 Å². The van der Waals surface area contributed by atoms with Gasteiger partial charge in [0.05, 0.1) is 0 Å². The van der Waals surface area contributed by atoms with E-state index < -0.39 is 0 Å². The normalized spacial score (nSPS) is 18.3. The van der Waals surface area contributed by atoms with Gasteiger partial charge in [0.25, 0.3) is 0 Å². The molecule has 0 saturated carbocycles. The molecule has 0 saturated heterocycles. The maximum atomic E-state index is 11.4. The summed E-state index contributed by atoms with van der Waals surface area (Å²) in [6, 6.07) is 10.7. The van der Waals surface area contributed by atoms with Crippen molar-refractivity contribution in [3.05, 3.63) is 48.0 Å². The standard InChI is InChI=1S/C22H34O/c1-6-8-15-21(4,19(3)18-23)16-17-22(5,14-7-2)20-12-10-9-11-13-20/h9-13,16-19H,6-8,14-15H2,1-5H3/b17-16+/t19-,21-,22-/m0/s1. The Morgan fingerprint density at radius 2 is 1.65 bits per heavy atom. The Kier molecular flexibility index (Phi) is 7.75. The summed E-state index contributed by atoms with van der Waals surface area (Å²) in [5.41, 5.74) is 1.34. The van der Waals surface area contributed by atoms with Crippen LogP contribution in [0.2, 0.25) is 0 Å². The lowest BCUT2D eigenvalue weighted by Crippen LogP contribution is -2.26. The first kappa shape index (κ1) is 19.7. The van der Waals surface area contributed by atoms with Gasteiger partial charge in [0.15, 0.2) is 0 Å². The van der Waals surface area contributed by atoms with Crippen molar-refractivity contribution in [3.8, 4) is 0 Å². The van der Waals surface area contributed by atoms with Gasteiger partial charge >= 0.3 is 0 Å². The summed E-state index contributed by atoms with van der Waals surface area (Å²) < 4.78 is 0. The molecule has 1 nitrogen and oxygen atoms in total. The summed E-state index contributed by atoms with van der Waals surface area (Å²) in [7, 11) is 0. The minimum atomic E-state index is -0.0540. The molecule has 0 fully saturated rings. The smallest absolute Gasteiger partial charge is 0.123 e. The van der Waals surface area contributed by atoms with E-state index in [1.54, 1.807) is 0 Å². The van der Waals surface area contributed by atoms with Gasteiger partial charge in [0.2, 0.25) is 0 Å². The summed E-state index contributed by atoms with van der Waals surface area (Å²) in [6.07, 6.45) is 11.5. The number of carbonyl (C=O) groups excluding carboxylic acids is 1. The SMILES string of the molecule is CCCC[C@@](C)(/C=C/[C@](C)(CCC)c1ccccc1)[C@@H](C)C=O. The molecule has 0 aliphatic carbocycles. The fourth-order valence-corrected chi connectivity index (χ4v) is 3.21. The van der Waals surface area contributed by atoms with E-state index in [0.717, 1.165) is 32.0 Å². The van der Waals surface area contributed by atoms with Gasteiger partial charge < -0.3 is 4.79 Å². The Morgan fingerprint density at radius 3 is 2.17 bits per heavy atom. The number of carbonyl (C=O) groups is 1. The van der Waals surface area contributed by atoms with Crippen LogP contribution >= 0.6 is 0 Å². The maximum absolute atomic E-state index is 11.4. The van der Waals surface area contributed by atoms with Gasteiger partial charge in [0, 0.05) is 11.3 Å². The van der Waals surface area contributed by atoms with Crippen LogP contribution < -0.4 is 0 Å². The summed E-state index contributed by atoms with van der Waals surface area (Å²) in [4.78, 5) is 11.4. The van der Waals surface area contributed by atoms with Crippen molar-refractivity contribution in [2.45, 2.75) is 72.1 Å². The lowest BCUT2D eigenvalue weighted by molar-refractivity contribution is -0.113. The van der Waals surface area contributed by atoms with Crippen LogP contribution in [0.4, 0.5) is 0 Å². The molecule has 1 rings (SSSR count). The second-order valence-corrected chi connectivity index (χ2v) is 7.40. The number of benzene rings is 1. The Hall–Kier alpha value is -1.37. The van der Waals surface area contributed by atoms with E-state index >= 15 is 0 Å². The van der Waals surface area contributed by atoms with Gasteiger partial charge in [-0.1, -0.05) is 96.4 Å². The van der Waals surface area contributed by atoms with Crippen LogP contribution in [0.15, 0.2) is 42.5 Å². The highest BCUT2D eigenvalue weighted by Crippen LogP contribution is 2.37. The Labute approximate surface area is 143 Å². The second-order valence-electron chi connectivity index (χ2n) is 7.40. The first-order chi connectivity index (χ1) is 10.9. The van der Waals surface area contributed by atoms with E-state index in [2.05, 4.69) is 70.2 Å². The quantitative estimate of drug-likeness (QED) is 0.364. The van der Waals surface area contributed by atoms with Crippen molar-refractivity contribution >= 4 is 6.29 Å². The number of rotatable bonds is 10. The zero-order chi connectivity index (χ0) is 17.3. The van der Waals surface area contributed by atoms with Crippen molar-refractivity contribution in [1.29, 1.82) is 0 Å². The first-order valence-corrected chi connectivity index (χ1v) is 9.13. The third-order valence-corrected chi connectivity index (χ3v) is 5.35. The van der Waals surface area contributed by atoms with Gasteiger partial charge in [-0.15, -0.1) is 0 Å². The molecule has 0 aliphatic rings. The predicted molar refractivity (Wildman–Crippen MR) is 101 cm³/mol. The number of aldehydes is 1. The monoisotopic (exact) mass is 314 g/mol. The molecular weight excluding hydrogens is 280 g/mol. The summed E-state index contributed by atoms with van der Waals surface area (Å²) in [5, 5.41) is 0. The predicted octanol–water partition coefficient (Wildman–Crippen LogP) is 6.33. The summed E-state index contributed by atoms with van der Waals surface area (Å²) >= 11 is 0. The summed E-state index contributed by atoms with van der Waals surface area (Å²) in [5.74, 6) is 0.0481. The highest BCUT2D eigenvalue weighted by molar-refractivity contribution is 5.55. The minimum absolute atomic E-state index is 0.0338. The molecule has 0 amide bonds. The maximum Gasteiger partial charge on any atom is 0.123 e. The van der Waals surface area contributed by atoms with Gasteiger partial charge in [-0.05, 0) is 23.8 Å². The molecule has 0 heterocycles. The van der Waals surface area contributed by atoms with E-state index in [1.165, 1.54) is 12.0 Å². The molecule has 1 aromatic carbocycles. The van der Waals surface area contributed by atoms with Gasteiger partial charge in [-0.3, -0.25) is 0 Å². The van der Waals surface area contributed by atoms with Gasteiger partial charge in [-0.2, -0.15) is 0 Å². The van der Waals surface area contributed by atoms with Crippen molar-refractivity contribution in [3.63, 3.8) is 0 Å². The van der Waals surface area contributed by atoms with E-state index in [1.807, 2.05) is 6.92 Å². The molecule has 3 atom stereocenters. The van der Waals surface area contributed by atoms with E-state index in [4.69, 9.17) is 0 Å². The molecule has 128 valence electrons. The third-order valence-electron chi connectivity index (χ3n) is 5.35. The van der Waals surface area contributed by atoms with Gasteiger partial charge in [-0.25, -0.2) is 0 Å². The van der Waals surface area contributed by atoms with Crippen LogP contribution in [0.1, 0.15) is 72.3 Å². The Bertz CT molecular complexity index is 490. The van der Waals surface area contributed by atoms with Crippen LogP contribution in [-0.4, -0.2) is 6.29 Å². The molecule has 0 aromatic heterocycles. The summed E-state index contributed by atoms with van der Waals surface area (Å²) in [6.45, 7) is 11.0. The molecule has 1 aromatic rings. The van der Waals surface area contributed by atoms with Crippen molar-refractivity contribution in [2.75, 3.05) is 0 Å². The zero-order valence-corrected chi connectivity index (χ0v) is 15.6. The number of hydrogen-bond donors (Lipinski definition) is 0. The van der Waals surface area contributed by atoms with Crippen LogP contribution in [0.3, 0.4) is 0 Å². The molecule has 0 radical (unpaired) electrons. The lowest BCUT2D eigenvalue weighted by atomic mass is 9.71. The second kappa shape index (κ2) is 9.05. The van der Waals surface area contributed by atoms with E-state index in [-0.39, 0.29) is 16.7 Å². The van der Waals surface area contributed by atoms with Crippen molar-refractivity contribution < 1.29 is 4.79 Å². The molecule has 23 heavy (non-hydrogen) atoms. The van der Waals surface area contributed by atoms with Crippen molar-refractivity contribution in [1.82, 2.24) is 0 Å². The molecular formula is C22H34O. The van der Waals surface area contributed by atoms with Crippen LogP contribution in [0.5, 0.6) is 0 Å². The number of allylic oxidation sites excluding steroid dienone is 2. The number of hydrogen-bond acceptors (Lipinski definition) is 1. The van der Waals surface area contributed by atoms with Crippen LogP contribution in [0.25, 0.3) is 0 Å². The average Bonchev–Trinajstić information content (AvgIpc) is 2.58. The molecule has 0 unspecified atom stereocenters. The Balaban J connectivity index is 3.12. The fourth-order valence-electron chi connectivity index (χ4n) is 3.21. The van der Waals surface area contributed by atoms with Gasteiger partial charge in [0.1, 0.15) is 6.29 Å². The Morgan fingerprint density at radius 1 is 1.00 bits per heavy atom. The number of unbranched alkanes of at least 4 members (excludes halogenated alkanes) is 1. The largest absolute Gasteiger partial charge is 0.303 e. The zero-order valence-electron chi connectivity index (χ0n) is 15.6. The fraction of sp³-hybridized carbons (Fsp3) is 0.591. The third kappa shape index (κ3) is 5.34. The molecule has 0 N–H and O–H groups in total. The topological polar surface area (TPSA) is 17.1 Å². The van der Waals surface area contributed by atoms with Crippen molar-refractivity contribution in [2.24, 2.45) is 11.3 Å². The first-order valence-electron chi connectivity index (χ1n) is 9.13. The highest BCUT2D eigenvalue weighted by atomic mass is 16.1. The minimum Gasteiger partial charge on any atom is -0.303 e. The molecule has 0 bridgehead atoms. The average molecular weight is 315 g/mol. The molecule has 1 heteroatoms. The van der Waals surface area contributed by atoms with Crippen LogP contribution in [0, 0.1) is 11.3 Å². The lowest BCUT2D eigenvalue weighted by Gasteiger charge is -2.33.